The van der Waals surface area contributed by atoms with E-state index < -0.39 is 0 Å². The van der Waals surface area contributed by atoms with Crippen molar-refractivity contribution in [3.8, 4) is 5.75 Å². The van der Waals surface area contributed by atoms with Gasteiger partial charge in [-0.2, -0.15) is 0 Å². The molecule has 0 bridgehead atoms. The van der Waals surface area contributed by atoms with Crippen LogP contribution in [0.2, 0.25) is 0 Å². The molecule has 3 aromatic carbocycles. The third-order valence-corrected chi connectivity index (χ3v) is 5.50. The summed E-state index contributed by atoms with van der Waals surface area (Å²) < 4.78 is 12.0. The summed E-state index contributed by atoms with van der Waals surface area (Å²) in [4.78, 5) is 13.0. The van der Waals surface area contributed by atoms with E-state index in [1.54, 1.807) is 18.2 Å². The largest absolute Gasteiger partial charge is 0.488 e. The summed E-state index contributed by atoms with van der Waals surface area (Å²) in [5, 5.41) is 0.467. The fourth-order valence-corrected chi connectivity index (χ4v) is 3.63. The van der Waals surface area contributed by atoms with Crippen molar-refractivity contribution < 1.29 is 9.15 Å². The standard InChI is InChI=1S/C29H28O3/c1-20(17-21-13-15-23(16-14-21)29(2,3)4)27-18-24(30)28-25(11-8-12-26(28)32-27)31-19-22-9-6-5-7-10-22/h5-18H,19H2,1-4H3/b20-17+. The van der Waals surface area contributed by atoms with Crippen LogP contribution in [-0.2, 0) is 12.0 Å². The molecule has 0 atom stereocenters. The van der Waals surface area contributed by atoms with Gasteiger partial charge in [0.2, 0.25) is 0 Å². The van der Waals surface area contributed by atoms with Gasteiger partial charge >= 0.3 is 0 Å². The molecular weight excluding hydrogens is 396 g/mol. The van der Waals surface area contributed by atoms with E-state index in [0.717, 1.165) is 16.7 Å². The first-order valence-corrected chi connectivity index (χ1v) is 10.8. The number of allylic oxidation sites excluding steroid dienone is 1. The van der Waals surface area contributed by atoms with Crippen molar-refractivity contribution in [2.24, 2.45) is 0 Å². The Kier molecular flexibility index (Phi) is 6.00. The quantitative estimate of drug-likeness (QED) is 0.339. The van der Waals surface area contributed by atoms with Crippen LogP contribution in [0.3, 0.4) is 0 Å². The number of hydrogen-bond acceptors (Lipinski definition) is 3. The lowest BCUT2D eigenvalue weighted by molar-refractivity contribution is 0.309. The van der Waals surface area contributed by atoms with E-state index in [4.69, 9.17) is 9.15 Å². The van der Waals surface area contributed by atoms with Crippen LogP contribution in [0, 0.1) is 0 Å². The maximum atomic E-state index is 13.0. The SMILES string of the molecule is C/C(=C\c1ccc(C(C)(C)C)cc1)c1cc(=O)c2c(OCc3ccccc3)cccc2o1. The lowest BCUT2D eigenvalue weighted by Gasteiger charge is -2.18. The van der Waals surface area contributed by atoms with Crippen LogP contribution in [0.1, 0.15) is 50.1 Å². The molecule has 0 spiro atoms. The van der Waals surface area contributed by atoms with Crippen LogP contribution in [0.25, 0.3) is 22.6 Å². The fourth-order valence-electron chi connectivity index (χ4n) is 3.63. The van der Waals surface area contributed by atoms with Gasteiger partial charge in [-0.15, -0.1) is 0 Å². The van der Waals surface area contributed by atoms with Gasteiger partial charge in [0.1, 0.15) is 29.1 Å². The Balaban J connectivity index is 1.63. The number of ether oxygens (including phenoxy) is 1. The first kappa shape index (κ1) is 21.6. The normalized spacial score (nSPS) is 12.2. The van der Waals surface area contributed by atoms with Crippen molar-refractivity contribution in [2.45, 2.75) is 39.7 Å². The molecule has 162 valence electrons. The average Bonchev–Trinajstić information content (AvgIpc) is 2.78. The molecule has 0 saturated carbocycles. The molecule has 4 aromatic rings. The summed E-state index contributed by atoms with van der Waals surface area (Å²) >= 11 is 0. The Bertz CT molecular complexity index is 1300. The number of benzene rings is 3. The van der Waals surface area contributed by atoms with Crippen molar-refractivity contribution in [2.75, 3.05) is 0 Å². The number of rotatable bonds is 5. The highest BCUT2D eigenvalue weighted by Gasteiger charge is 2.14. The Morgan fingerprint density at radius 2 is 1.66 bits per heavy atom. The van der Waals surface area contributed by atoms with Crippen LogP contribution >= 0.6 is 0 Å². The number of hydrogen-bond donors (Lipinski definition) is 0. The van der Waals surface area contributed by atoms with E-state index in [9.17, 15) is 4.79 Å². The molecule has 32 heavy (non-hydrogen) atoms. The first-order chi connectivity index (χ1) is 15.3. The van der Waals surface area contributed by atoms with Crippen molar-refractivity contribution in [1.82, 2.24) is 0 Å². The van der Waals surface area contributed by atoms with Gasteiger partial charge in [0.15, 0.2) is 5.43 Å². The monoisotopic (exact) mass is 424 g/mol. The Hall–Kier alpha value is -3.59. The van der Waals surface area contributed by atoms with Gasteiger partial charge in [0.25, 0.3) is 0 Å². The smallest absolute Gasteiger partial charge is 0.197 e. The van der Waals surface area contributed by atoms with Crippen LogP contribution in [0.5, 0.6) is 5.75 Å². The van der Waals surface area contributed by atoms with Gasteiger partial charge in [-0.1, -0.05) is 81.4 Å². The molecule has 0 N–H and O–H groups in total. The topological polar surface area (TPSA) is 39.4 Å². The Labute approximate surface area is 189 Å². The minimum absolute atomic E-state index is 0.110. The van der Waals surface area contributed by atoms with Crippen molar-refractivity contribution >= 4 is 22.6 Å². The van der Waals surface area contributed by atoms with Crippen molar-refractivity contribution in [1.29, 1.82) is 0 Å². The van der Waals surface area contributed by atoms with Gasteiger partial charge < -0.3 is 9.15 Å². The van der Waals surface area contributed by atoms with E-state index in [1.165, 1.54) is 5.56 Å². The zero-order chi connectivity index (χ0) is 22.7. The fraction of sp³-hybridized carbons (Fsp3) is 0.207. The van der Waals surface area contributed by atoms with E-state index in [1.807, 2.05) is 49.4 Å². The summed E-state index contributed by atoms with van der Waals surface area (Å²) in [5.41, 5.74) is 4.81. The second-order valence-electron chi connectivity index (χ2n) is 9.08. The molecule has 1 heterocycles. The maximum absolute atomic E-state index is 13.0. The van der Waals surface area contributed by atoms with E-state index in [0.29, 0.717) is 29.1 Å². The van der Waals surface area contributed by atoms with E-state index in [2.05, 4.69) is 45.0 Å². The highest BCUT2D eigenvalue weighted by atomic mass is 16.5. The van der Waals surface area contributed by atoms with Crippen LogP contribution in [-0.4, -0.2) is 0 Å². The van der Waals surface area contributed by atoms with Crippen LogP contribution in [0.4, 0.5) is 0 Å². The molecule has 0 radical (unpaired) electrons. The van der Waals surface area contributed by atoms with Gasteiger partial charge in [-0.3, -0.25) is 4.79 Å². The third kappa shape index (κ3) is 4.83. The number of fused-ring (bicyclic) bond motifs is 1. The lowest BCUT2D eigenvalue weighted by Crippen LogP contribution is -2.10. The molecule has 0 aliphatic heterocycles. The van der Waals surface area contributed by atoms with Crippen molar-refractivity contribution in [3.05, 3.63) is 112 Å². The summed E-state index contributed by atoms with van der Waals surface area (Å²) in [5.74, 6) is 1.09. The molecule has 1 aromatic heterocycles. The van der Waals surface area contributed by atoms with Crippen LogP contribution in [0.15, 0.2) is 88.1 Å². The molecule has 3 nitrogen and oxygen atoms in total. The maximum Gasteiger partial charge on any atom is 0.197 e. The van der Waals surface area contributed by atoms with E-state index >= 15 is 0 Å². The van der Waals surface area contributed by atoms with Crippen LogP contribution < -0.4 is 10.2 Å². The minimum Gasteiger partial charge on any atom is -0.488 e. The third-order valence-electron chi connectivity index (χ3n) is 5.50. The first-order valence-electron chi connectivity index (χ1n) is 10.8. The Morgan fingerprint density at radius 3 is 2.34 bits per heavy atom. The zero-order valence-electron chi connectivity index (χ0n) is 19.0. The molecule has 0 fully saturated rings. The summed E-state index contributed by atoms with van der Waals surface area (Å²) in [6.07, 6.45) is 2.03. The Morgan fingerprint density at radius 1 is 0.938 bits per heavy atom. The highest BCUT2D eigenvalue weighted by molar-refractivity contribution is 5.86. The summed E-state index contributed by atoms with van der Waals surface area (Å²) in [6.45, 7) is 8.95. The summed E-state index contributed by atoms with van der Waals surface area (Å²) in [7, 11) is 0. The molecular formula is C29H28O3. The van der Waals surface area contributed by atoms with Gasteiger partial charge in [-0.05, 0) is 52.8 Å². The molecule has 0 saturated heterocycles. The predicted octanol–water partition coefficient (Wildman–Crippen LogP) is 7.23. The van der Waals surface area contributed by atoms with Gasteiger partial charge in [-0.25, -0.2) is 0 Å². The molecule has 3 heteroatoms. The molecule has 0 amide bonds. The molecule has 0 aliphatic rings. The lowest BCUT2D eigenvalue weighted by atomic mass is 9.86. The molecule has 0 aliphatic carbocycles. The van der Waals surface area contributed by atoms with Crippen molar-refractivity contribution in [3.63, 3.8) is 0 Å². The van der Waals surface area contributed by atoms with Gasteiger partial charge in [0, 0.05) is 6.07 Å². The van der Waals surface area contributed by atoms with E-state index in [-0.39, 0.29) is 10.8 Å². The molecule has 0 unspecified atom stereocenters. The zero-order valence-corrected chi connectivity index (χ0v) is 19.0. The average molecular weight is 425 g/mol. The predicted molar refractivity (Wildman–Crippen MR) is 132 cm³/mol. The molecule has 4 rings (SSSR count). The summed E-state index contributed by atoms with van der Waals surface area (Å²) in [6, 6.07) is 25.4. The minimum atomic E-state index is -0.110. The van der Waals surface area contributed by atoms with Gasteiger partial charge in [0.05, 0.1) is 0 Å². The second-order valence-corrected chi connectivity index (χ2v) is 9.08. The second kappa shape index (κ2) is 8.88. The highest BCUT2D eigenvalue weighted by Crippen LogP contribution is 2.28.